The minimum atomic E-state index is -0.703. The third-order valence-corrected chi connectivity index (χ3v) is 9.54. The topological polar surface area (TPSA) is 118 Å². The summed E-state index contributed by atoms with van der Waals surface area (Å²) in [5, 5.41) is 3.21. The molecule has 0 unspecified atom stereocenters. The number of hydrogen-bond acceptors (Lipinski definition) is 8. The molecule has 208 valence electrons. The first-order valence-corrected chi connectivity index (χ1v) is 14.6. The Morgan fingerprint density at radius 3 is 2.32 bits per heavy atom. The summed E-state index contributed by atoms with van der Waals surface area (Å²) >= 11 is 8.15. The second-order valence-electron chi connectivity index (χ2n) is 9.37. The first kappa shape index (κ1) is 27.1. The van der Waals surface area contributed by atoms with Crippen molar-refractivity contribution in [3.63, 3.8) is 0 Å². The monoisotopic (exact) mass is 607 g/mol. The van der Waals surface area contributed by atoms with Gasteiger partial charge in [-0.25, -0.2) is 4.90 Å². The van der Waals surface area contributed by atoms with Gasteiger partial charge in [0.25, 0.3) is 5.91 Å². The van der Waals surface area contributed by atoms with Crippen LogP contribution in [0.4, 0.5) is 11.4 Å². The number of carbonyl (C=O) groups excluding carboxylic acids is 3. The van der Waals surface area contributed by atoms with Gasteiger partial charge in [0, 0.05) is 21.5 Å². The van der Waals surface area contributed by atoms with Crippen molar-refractivity contribution in [2.24, 2.45) is 5.92 Å². The number of nitrogens with one attached hydrogen (secondary N) is 2. The highest BCUT2D eigenvalue weighted by Crippen LogP contribution is 2.53. The van der Waals surface area contributed by atoms with Crippen LogP contribution in [0.5, 0.6) is 11.5 Å². The molecular weight excluding hydrogens is 586 g/mol. The summed E-state index contributed by atoms with van der Waals surface area (Å²) in [7, 11) is 1.54. The number of imide groups is 1. The van der Waals surface area contributed by atoms with E-state index in [1.54, 1.807) is 79.9 Å². The smallest absolute Gasteiger partial charge is 0.305 e. The second kappa shape index (κ2) is 11.1. The lowest BCUT2D eigenvalue weighted by molar-refractivity contribution is -0.122. The molecule has 0 bridgehead atoms. The number of thioether (sulfide) groups is 1. The molecule has 0 spiro atoms. The molecule has 3 heterocycles. The van der Waals surface area contributed by atoms with E-state index in [0.29, 0.717) is 32.9 Å². The molecule has 0 radical (unpaired) electrons. The summed E-state index contributed by atoms with van der Waals surface area (Å²) in [5.74, 6) is -1.13. The van der Waals surface area contributed by atoms with Gasteiger partial charge >= 0.3 is 4.87 Å². The van der Waals surface area contributed by atoms with Crippen LogP contribution in [-0.4, -0.2) is 41.7 Å². The number of H-pyrrole nitrogens is 1. The van der Waals surface area contributed by atoms with Crippen LogP contribution in [0.3, 0.4) is 0 Å². The summed E-state index contributed by atoms with van der Waals surface area (Å²) in [6.45, 7) is -0.208. The van der Waals surface area contributed by atoms with Gasteiger partial charge in [0.1, 0.15) is 16.7 Å². The average Bonchev–Trinajstić information content (AvgIpc) is 3.47. The highest BCUT2D eigenvalue weighted by Gasteiger charge is 2.56. The lowest BCUT2D eigenvalue weighted by atomic mass is 9.83. The van der Waals surface area contributed by atoms with Gasteiger partial charge in [-0.1, -0.05) is 46.8 Å². The Kier molecular flexibility index (Phi) is 7.33. The quantitative estimate of drug-likeness (QED) is 0.287. The number of thiazole rings is 1. The Hall–Kier alpha value is -4.06. The zero-order valence-corrected chi connectivity index (χ0v) is 23.8. The van der Waals surface area contributed by atoms with Crippen molar-refractivity contribution in [2.75, 3.05) is 23.9 Å². The maximum Gasteiger partial charge on any atom is 0.305 e. The fraction of sp³-hybridized carbons (Fsp3) is 0.172. The molecule has 0 aliphatic carbocycles. The zero-order valence-electron chi connectivity index (χ0n) is 21.5. The van der Waals surface area contributed by atoms with Crippen molar-refractivity contribution in [3.8, 4) is 11.5 Å². The normalized spacial score (nSPS) is 19.5. The molecule has 1 aromatic heterocycles. The van der Waals surface area contributed by atoms with Crippen LogP contribution < -0.4 is 24.6 Å². The van der Waals surface area contributed by atoms with Crippen LogP contribution in [-0.2, 0) is 14.4 Å². The Morgan fingerprint density at radius 1 is 0.951 bits per heavy atom. The molecule has 3 aromatic carbocycles. The van der Waals surface area contributed by atoms with E-state index < -0.39 is 17.1 Å². The first-order valence-electron chi connectivity index (χ1n) is 12.5. The number of amides is 3. The fourth-order valence-corrected chi connectivity index (χ4v) is 7.65. The number of fused-ring (bicyclic) bond motifs is 2. The Labute approximate surface area is 247 Å². The van der Waals surface area contributed by atoms with E-state index in [1.165, 1.54) is 16.7 Å². The first-order chi connectivity index (χ1) is 19.8. The SMILES string of the molecule is COc1ccc(N2C(=O)[C@H]3[C@H](c4ccc(OCC(=O)Nc5ccc(Cl)cc5)cc4)c4sc(=O)[nH]c4S[C@H]3C2=O)cc1. The summed E-state index contributed by atoms with van der Waals surface area (Å²) in [6, 6.07) is 20.5. The number of aromatic nitrogens is 1. The largest absolute Gasteiger partial charge is 0.497 e. The third kappa shape index (κ3) is 5.23. The Balaban J connectivity index is 1.23. The molecule has 0 saturated carbocycles. The number of rotatable bonds is 7. The molecule has 12 heteroatoms. The van der Waals surface area contributed by atoms with Gasteiger partial charge < -0.3 is 19.8 Å². The van der Waals surface area contributed by atoms with Gasteiger partial charge in [-0.2, -0.15) is 0 Å². The molecule has 2 N–H and O–H groups in total. The molecule has 2 aliphatic heterocycles. The van der Waals surface area contributed by atoms with Gasteiger partial charge in [0.05, 0.1) is 23.7 Å². The van der Waals surface area contributed by atoms with E-state index in [1.807, 2.05) is 0 Å². The number of methoxy groups -OCH3 is 1. The van der Waals surface area contributed by atoms with Crippen LogP contribution in [0.1, 0.15) is 16.4 Å². The van der Waals surface area contributed by atoms with Crippen molar-refractivity contribution in [3.05, 3.63) is 97.9 Å². The molecular formula is C29H22ClN3O6S2. The van der Waals surface area contributed by atoms with E-state index in [2.05, 4.69) is 10.3 Å². The van der Waals surface area contributed by atoms with Crippen LogP contribution in [0.25, 0.3) is 0 Å². The molecule has 2 aliphatic rings. The van der Waals surface area contributed by atoms with Gasteiger partial charge in [-0.3, -0.25) is 19.2 Å². The summed E-state index contributed by atoms with van der Waals surface area (Å²) in [4.78, 5) is 56.5. The lowest BCUT2D eigenvalue weighted by Gasteiger charge is -2.29. The number of carbonyl (C=O) groups is 3. The van der Waals surface area contributed by atoms with Gasteiger partial charge in [0.2, 0.25) is 11.8 Å². The van der Waals surface area contributed by atoms with Crippen molar-refractivity contribution < 1.29 is 23.9 Å². The van der Waals surface area contributed by atoms with Crippen molar-refractivity contribution >= 4 is 63.8 Å². The Bertz CT molecular complexity index is 1690. The molecule has 6 rings (SSSR count). The molecule has 3 amide bonds. The van der Waals surface area contributed by atoms with Crippen LogP contribution in [0, 0.1) is 5.92 Å². The molecule has 41 heavy (non-hydrogen) atoms. The highest BCUT2D eigenvalue weighted by molar-refractivity contribution is 8.00. The van der Waals surface area contributed by atoms with E-state index in [9.17, 15) is 19.2 Å². The number of hydrogen-bond donors (Lipinski definition) is 2. The van der Waals surface area contributed by atoms with Crippen molar-refractivity contribution in [1.82, 2.24) is 4.98 Å². The second-order valence-corrected chi connectivity index (χ2v) is 12.0. The maximum atomic E-state index is 13.8. The van der Waals surface area contributed by atoms with Crippen LogP contribution >= 0.6 is 34.7 Å². The highest BCUT2D eigenvalue weighted by atomic mass is 35.5. The summed E-state index contributed by atoms with van der Waals surface area (Å²) < 4.78 is 10.9. The number of benzene rings is 3. The minimum absolute atomic E-state index is 0.208. The maximum absolute atomic E-state index is 13.8. The fourth-order valence-electron chi connectivity index (χ4n) is 5.01. The molecule has 1 saturated heterocycles. The number of nitrogens with zero attached hydrogens (tertiary/aromatic N) is 1. The number of halogens is 1. The predicted octanol–water partition coefficient (Wildman–Crippen LogP) is 4.91. The molecule has 9 nitrogen and oxygen atoms in total. The minimum Gasteiger partial charge on any atom is -0.497 e. The lowest BCUT2D eigenvalue weighted by Crippen LogP contribution is -2.32. The predicted molar refractivity (Wildman–Crippen MR) is 157 cm³/mol. The zero-order chi connectivity index (χ0) is 28.7. The average molecular weight is 608 g/mol. The van der Waals surface area contributed by atoms with Gasteiger partial charge in [-0.05, 0) is 66.2 Å². The van der Waals surface area contributed by atoms with Crippen molar-refractivity contribution in [1.29, 1.82) is 0 Å². The van der Waals surface area contributed by atoms with Crippen LogP contribution in [0.15, 0.2) is 82.6 Å². The number of anilines is 2. The van der Waals surface area contributed by atoms with Crippen molar-refractivity contribution in [2.45, 2.75) is 16.2 Å². The van der Waals surface area contributed by atoms with E-state index in [4.69, 9.17) is 21.1 Å². The summed E-state index contributed by atoms with van der Waals surface area (Å²) in [5.41, 5.74) is 1.82. The van der Waals surface area contributed by atoms with Crippen LogP contribution in [0.2, 0.25) is 5.02 Å². The van der Waals surface area contributed by atoms with Gasteiger partial charge in [-0.15, -0.1) is 0 Å². The van der Waals surface area contributed by atoms with E-state index in [0.717, 1.165) is 21.8 Å². The molecule has 1 fully saturated rings. The Morgan fingerprint density at radius 2 is 1.63 bits per heavy atom. The van der Waals surface area contributed by atoms with E-state index in [-0.39, 0.29) is 29.2 Å². The number of aromatic amines is 1. The molecule has 4 aromatic rings. The van der Waals surface area contributed by atoms with E-state index >= 15 is 0 Å². The third-order valence-electron chi connectivity index (χ3n) is 6.89. The van der Waals surface area contributed by atoms with Gasteiger partial charge in [0.15, 0.2) is 6.61 Å². The summed E-state index contributed by atoms with van der Waals surface area (Å²) in [6.07, 6.45) is 0. The molecule has 3 atom stereocenters. The standard InChI is InChI=1S/C29H22ClN3O6S2/c1-38-19-12-8-18(9-13-19)33-27(35)23-22(24-26(32-29(37)41-24)40-25(23)28(33)36)15-2-10-20(11-3-15)39-14-21(34)31-17-6-4-16(30)5-7-17/h2-13,22-23,25H,14H2,1H3,(H,31,34)(H,32,37)/t22-,23-,25+/m0/s1. The number of ether oxygens (including phenoxy) is 2.